The molecule has 2 rings (SSSR count). The third-order valence-electron chi connectivity index (χ3n) is 3.43. The smallest absolute Gasteiger partial charge is 0.313 e. The van der Waals surface area contributed by atoms with Crippen molar-refractivity contribution >= 4 is 21.4 Å². The van der Waals surface area contributed by atoms with Gasteiger partial charge in [-0.25, -0.2) is 9.97 Å². The molecule has 1 amide bonds. The molecule has 0 saturated heterocycles. The van der Waals surface area contributed by atoms with Crippen molar-refractivity contribution in [2.75, 3.05) is 31.3 Å². The van der Waals surface area contributed by atoms with Crippen LogP contribution in [0.3, 0.4) is 0 Å². The van der Waals surface area contributed by atoms with Gasteiger partial charge in [0.15, 0.2) is 0 Å². The van der Waals surface area contributed by atoms with Crippen LogP contribution >= 0.6 is 0 Å². The SMILES string of the molecule is CN(C/C=C/N(C)C(O)Nc1nc[nH]c1[At])Cc1cncnc1NC=O. The second-order valence-electron chi connectivity index (χ2n) is 5.49. The van der Waals surface area contributed by atoms with E-state index in [1.807, 2.05) is 18.0 Å². The van der Waals surface area contributed by atoms with E-state index in [-0.39, 0.29) is 0 Å². The van der Waals surface area contributed by atoms with E-state index < -0.39 is 6.35 Å². The molecule has 0 bridgehead atoms. The van der Waals surface area contributed by atoms with Crippen molar-refractivity contribution in [1.82, 2.24) is 29.7 Å². The molecule has 0 radical (unpaired) electrons. The number of likely N-dealkylation sites (N-methyl/N-ethyl adjacent to an activating group) is 1. The summed E-state index contributed by atoms with van der Waals surface area (Å²) in [5.41, 5.74) is 0.821. The van der Waals surface area contributed by atoms with Crippen LogP contribution in [-0.4, -0.2) is 68.2 Å². The van der Waals surface area contributed by atoms with Gasteiger partial charge in [-0.15, -0.1) is 0 Å². The zero-order valence-corrected chi connectivity index (χ0v) is 17.4. The predicted molar refractivity (Wildman–Crippen MR) is 92.8 cm³/mol. The summed E-state index contributed by atoms with van der Waals surface area (Å²) >= 11 is 1.45. The summed E-state index contributed by atoms with van der Waals surface area (Å²) in [5, 5.41) is 15.6. The molecule has 0 aliphatic rings. The Hall–Kier alpha value is -2.10. The fourth-order valence-electron chi connectivity index (χ4n) is 2.09. The fourth-order valence-corrected chi connectivity index (χ4v) is 2.68. The molecule has 26 heavy (non-hydrogen) atoms. The molecule has 10 nitrogen and oxygen atoms in total. The van der Waals surface area contributed by atoms with Crippen molar-refractivity contribution in [2.24, 2.45) is 0 Å². The van der Waals surface area contributed by atoms with Crippen LogP contribution in [0.2, 0.25) is 0 Å². The van der Waals surface area contributed by atoms with E-state index in [0.29, 0.717) is 31.1 Å². The van der Waals surface area contributed by atoms with Gasteiger partial charge in [-0.1, -0.05) is 0 Å². The standard InChI is InChI=1S/C15H21AtN8O2/c1-23(7-11-6-17-8-19-13(11)21-10-25)4-3-5-24(2)15(26)22-14-12(16)18-9-20-14/h3,5-6,8-10,15,22,26H,4,7H2,1-2H3,(H,18,20)(H,17,19,21,25)/b5-3+. The van der Waals surface area contributed by atoms with Crippen molar-refractivity contribution in [3.63, 3.8) is 0 Å². The first kappa shape index (κ1) is 20.2. The van der Waals surface area contributed by atoms with Crippen LogP contribution in [-0.2, 0) is 11.3 Å². The quantitative estimate of drug-likeness (QED) is 0.222. The summed E-state index contributed by atoms with van der Waals surface area (Å²) < 4.78 is 0.908. The Bertz CT molecular complexity index is 738. The maximum absolute atomic E-state index is 10.6. The Kier molecular flexibility index (Phi) is 7.89. The molecular weight excluding hydrogens is 534 g/mol. The fraction of sp³-hybridized carbons (Fsp3) is 0.333. The van der Waals surface area contributed by atoms with E-state index in [0.717, 1.165) is 8.97 Å². The molecule has 0 saturated carbocycles. The van der Waals surface area contributed by atoms with Gasteiger partial charge in [0, 0.05) is 0 Å². The number of imidazole rings is 1. The molecule has 0 spiro atoms. The van der Waals surface area contributed by atoms with Crippen molar-refractivity contribution in [3.05, 3.63) is 36.7 Å². The molecule has 140 valence electrons. The average molecular weight is 555 g/mol. The number of rotatable bonds is 10. The van der Waals surface area contributed by atoms with Crippen LogP contribution in [0.1, 0.15) is 5.56 Å². The van der Waals surface area contributed by atoms with Gasteiger partial charge in [-0.2, -0.15) is 0 Å². The summed E-state index contributed by atoms with van der Waals surface area (Å²) in [6, 6.07) is 0. The predicted octanol–water partition coefficient (Wildman–Crippen LogP) is -0.792. The number of aliphatic hydroxyl groups is 1. The summed E-state index contributed by atoms with van der Waals surface area (Å²) in [6.07, 6.45) is 8.05. The molecule has 2 aromatic heterocycles. The number of carbonyl (C=O) groups excluding carboxylic acids is 1. The normalized spacial score (nSPS) is 12.3. The third kappa shape index (κ3) is 6.01. The summed E-state index contributed by atoms with van der Waals surface area (Å²) in [4.78, 5) is 29.4. The third-order valence-corrected chi connectivity index (χ3v) is 4.55. The van der Waals surface area contributed by atoms with E-state index in [1.165, 1.54) is 31.0 Å². The van der Waals surface area contributed by atoms with Crippen LogP contribution in [0.5, 0.6) is 0 Å². The molecule has 11 heteroatoms. The van der Waals surface area contributed by atoms with Crippen LogP contribution in [0.4, 0.5) is 11.6 Å². The van der Waals surface area contributed by atoms with Gasteiger partial charge >= 0.3 is 134 Å². The van der Waals surface area contributed by atoms with E-state index in [9.17, 15) is 9.90 Å². The molecule has 2 aromatic rings. The minimum absolute atomic E-state index is 0.498. The summed E-state index contributed by atoms with van der Waals surface area (Å²) in [5.74, 6) is 1.13. The summed E-state index contributed by atoms with van der Waals surface area (Å²) in [7, 11) is 3.70. The minimum Gasteiger partial charge on any atom is -0.313 e. The van der Waals surface area contributed by atoms with Crippen LogP contribution in [0, 0.1) is 24.7 Å². The van der Waals surface area contributed by atoms with Crippen molar-refractivity contribution in [1.29, 1.82) is 0 Å². The number of carbonyl (C=O) groups is 1. The number of amides is 1. The number of aliphatic hydroxyl groups excluding tert-OH is 1. The number of nitrogens with zero attached hydrogens (tertiary/aromatic N) is 5. The topological polar surface area (TPSA) is 122 Å². The first-order valence-electron chi connectivity index (χ1n) is 7.71. The molecule has 4 N–H and O–H groups in total. The van der Waals surface area contributed by atoms with Gasteiger partial charge in [0.2, 0.25) is 6.41 Å². The van der Waals surface area contributed by atoms with E-state index >= 15 is 0 Å². The van der Waals surface area contributed by atoms with Gasteiger partial charge in [0.25, 0.3) is 0 Å². The van der Waals surface area contributed by atoms with Crippen LogP contribution in [0.25, 0.3) is 0 Å². The molecule has 0 aliphatic heterocycles. The Morgan fingerprint density at radius 1 is 1.38 bits per heavy atom. The second kappa shape index (κ2) is 10.1. The average Bonchev–Trinajstić information content (AvgIpc) is 3.01. The minimum atomic E-state index is -0.890. The molecular formula is C15H21AtN8O2. The van der Waals surface area contributed by atoms with E-state index in [1.54, 1.807) is 30.7 Å². The van der Waals surface area contributed by atoms with Crippen molar-refractivity contribution in [3.8, 4) is 0 Å². The first-order chi connectivity index (χ1) is 12.5. The molecule has 1 unspecified atom stereocenters. The Morgan fingerprint density at radius 2 is 2.19 bits per heavy atom. The summed E-state index contributed by atoms with van der Waals surface area (Å²) in [6.45, 7) is 1.21. The van der Waals surface area contributed by atoms with Crippen LogP contribution < -0.4 is 14.0 Å². The molecule has 0 fully saturated rings. The first-order valence-corrected chi connectivity index (χ1v) is 9.18. The van der Waals surface area contributed by atoms with Gasteiger partial charge < -0.3 is 5.32 Å². The Balaban J connectivity index is 1.83. The Morgan fingerprint density at radius 3 is 2.88 bits per heavy atom. The number of hydrogen-bond donors (Lipinski definition) is 4. The van der Waals surface area contributed by atoms with Gasteiger partial charge in [0.1, 0.15) is 6.33 Å². The number of nitrogens with one attached hydrogen (secondary N) is 3. The van der Waals surface area contributed by atoms with Gasteiger partial charge in [-0.3, -0.25) is 4.79 Å². The number of aromatic amines is 1. The maximum atomic E-state index is 10.6. The second-order valence-corrected chi connectivity index (χ2v) is 6.96. The van der Waals surface area contributed by atoms with Crippen molar-refractivity contribution < 1.29 is 34.6 Å². The number of H-pyrrole nitrogens is 1. The van der Waals surface area contributed by atoms with Gasteiger partial charge in [0.05, 0.1) is 0 Å². The van der Waals surface area contributed by atoms with E-state index in [4.69, 9.17) is 0 Å². The number of anilines is 2. The number of aromatic nitrogens is 4. The number of hydrogen-bond acceptors (Lipinski definition) is 8. The van der Waals surface area contributed by atoms with E-state index in [2.05, 4.69) is 30.6 Å². The molecule has 1 atom stereocenters. The van der Waals surface area contributed by atoms with Crippen LogP contribution in [0.15, 0.2) is 31.1 Å². The Labute approximate surface area is 166 Å². The zero-order chi connectivity index (χ0) is 18.9. The van der Waals surface area contributed by atoms with Gasteiger partial charge in [-0.05, 0) is 0 Å². The molecule has 2 heterocycles. The monoisotopic (exact) mass is 555 g/mol. The molecule has 0 aromatic carbocycles. The van der Waals surface area contributed by atoms with Crippen molar-refractivity contribution in [2.45, 2.75) is 12.9 Å². The zero-order valence-electron chi connectivity index (χ0n) is 14.4. The molecule has 0 aliphatic carbocycles.